The minimum atomic E-state index is -0.827. The number of rotatable bonds is 48. The monoisotopic (exact) mass is 929 g/mol. The predicted molar refractivity (Wildman–Crippen MR) is 288 cm³/mol. The van der Waals surface area contributed by atoms with Crippen LogP contribution in [-0.4, -0.2) is 37.2 Å². The molecule has 0 aromatic carbocycles. The van der Waals surface area contributed by atoms with E-state index in [0.29, 0.717) is 19.3 Å². The fraction of sp³-hybridized carbons (Fsp3) is 0.656. The zero-order valence-electron chi connectivity index (χ0n) is 43.4. The Morgan fingerprint density at radius 1 is 0.328 bits per heavy atom. The van der Waals surface area contributed by atoms with Gasteiger partial charge >= 0.3 is 17.9 Å². The van der Waals surface area contributed by atoms with Crippen molar-refractivity contribution in [3.8, 4) is 0 Å². The summed E-state index contributed by atoms with van der Waals surface area (Å²) in [6, 6.07) is 0. The standard InChI is InChI=1S/C61H100O6/c1-4-7-10-13-16-19-22-25-27-29-30-32-33-36-39-42-45-48-51-54-60(63)66-57-58(56-65-59(62)53-50-47-44-41-38-35-24-21-18-15-12-9-6-3)67-61(64)55-52-49-46-43-40-37-34-31-28-26-23-20-17-14-11-8-5-2/h8,11,14,17,20,23,26,28-31,34-35,37-38,40,44,47,58H,4-7,9-10,12-13,15-16,18-19,21-22,24-25,27,32-33,36,39,41-43,45-46,48-57H2,1-3H3/b11-8-,17-14-,23-20-,28-26-,30-29-,34-31+,38-35-,40-37-,47-44-. The first-order valence-electron chi connectivity index (χ1n) is 27.5. The van der Waals surface area contributed by atoms with E-state index in [1.54, 1.807) is 0 Å². The van der Waals surface area contributed by atoms with Gasteiger partial charge in [-0.25, -0.2) is 0 Å². The first kappa shape index (κ1) is 63.1. The van der Waals surface area contributed by atoms with Crippen LogP contribution in [0.15, 0.2) is 109 Å². The van der Waals surface area contributed by atoms with Gasteiger partial charge in [-0.2, -0.15) is 0 Å². The van der Waals surface area contributed by atoms with Gasteiger partial charge in [0.2, 0.25) is 0 Å². The zero-order valence-corrected chi connectivity index (χ0v) is 43.4. The summed E-state index contributed by atoms with van der Waals surface area (Å²) < 4.78 is 16.7. The molecule has 6 nitrogen and oxygen atoms in total. The van der Waals surface area contributed by atoms with Gasteiger partial charge in [0.05, 0.1) is 0 Å². The molecule has 0 aliphatic carbocycles. The molecule has 0 aliphatic heterocycles. The number of unbranched alkanes of at least 4 members (excludes halogenated alkanes) is 24. The minimum Gasteiger partial charge on any atom is -0.462 e. The molecule has 1 unspecified atom stereocenters. The van der Waals surface area contributed by atoms with Crippen LogP contribution < -0.4 is 0 Å². The zero-order chi connectivity index (χ0) is 48.6. The van der Waals surface area contributed by atoms with E-state index >= 15 is 0 Å². The van der Waals surface area contributed by atoms with Crippen LogP contribution in [0, 0.1) is 0 Å². The molecule has 0 fully saturated rings. The molecule has 0 saturated heterocycles. The highest BCUT2D eigenvalue weighted by Crippen LogP contribution is 2.14. The summed E-state index contributed by atoms with van der Waals surface area (Å²) in [6.07, 6.45) is 73.7. The SMILES string of the molecule is CC\C=C/C=C\C=C/C=C\C=C\C=C/CCCCCC(=O)OC(COC(=O)CC/C=C\C/C=C\CCCCCCCC)COC(=O)CCCCCCCCC/C=C\CCCCCCCCCC. The fourth-order valence-electron chi connectivity index (χ4n) is 7.29. The Hall–Kier alpha value is -3.93. The lowest BCUT2D eigenvalue weighted by molar-refractivity contribution is -0.166. The average molecular weight is 929 g/mol. The predicted octanol–water partition coefficient (Wildman–Crippen LogP) is 18.3. The largest absolute Gasteiger partial charge is 0.462 e. The molecule has 0 amide bonds. The Bertz CT molecular complexity index is 1390. The second-order valence-corrected chi connectivity index (χ2v) is 17.9. The van der Waals surface area contributed by atoms with Gasteiger partial charge in [0.15, 0.2) is 6.10 Å². The maximum Gasteiger partial charge on any atom is 0.306 e. The number of carbonyl (C=O) groups is 3. The van der Waals surface area contributed by atoms with Gasteiger partial charge in [-0.3, -0.25) is 14.4 Å². The Morgan fingerprint density at radius 2 is 0.672 bits per heavy atom. The molecule has 0 N–H and O–H groups in total. The Kier molecular flexibility index (Phi) is 51.5. The molecule has 0 spiro atoms. The summed E-state index contributed by atoms with van der Waals surface area (Å²) in [6.45, 7) is 6.39. The molecule has 0 bridgehead atoms. The number of hydrogen-bond donors (Lipinski definition) is 0. The van der Waals surface area contributed by atoms with Gasteiger partial charge in [-0.15, -0.1) is 0 Å². The minimum absolute atomic E-state index is 0.117. The molecule has 67 heavy (non-hydrogen) atoms. The van der Waals surface area contributed by atoms with Crippen LogP contribution >= 0.6 is 0 Å². The molecule has 0 aromatic heterocycles. The summed E-state index contributed by atoms with van der Waals surface area (Å²) in [5, 5.41) is 0. The highest BCUT2D eigenvalue weighted by atomic mass is 16.6. The van der Waals surface area contributed by atoms with Crippen molar-refractivity contribution in [2.75, 3.05) is 13.2 Å². The summed E-state index contributed by atoms with van der Waals surface area (Å²) in [7, 11) is 0. The van der Waals surface area contributed by atoms with Gasteiger partial charge in [0.25, 0.3) is 0 Å². The number of esters is 3. The van der Waals surface area contributed by atoms with Crippen molar-refractivity contribution < 1.29 is 28.6 Å². The summed E-state index contributed by atoms with van der Waals surface area (Å²) in [5.74, 6) is -1.04. The van der Waals surface area contributed by atoms with Gasteiger partial charge < -0.3 is 14.2 Å². The van der Waals surface area contributed by atoms with Crippen molar-refractivity contribution >= 4 is 17.9 Å². The lowest BCUT2D eigenvalue weighted by atomic mass is 10.1. The maximum absolute atomic E-state index is 12.8. The van der Waals surface area contributed by atoms with Crippen LogP contribution in [0.1, 0.15) is 239 Å². The van der Waals surface area contributed by atoms with Crippen molar-refractivity contribution in [1.29, 1.82) is 0 Å². The van der Waals surface area contributed by atoms with E-state index in [1.165, 1.54) is 128 Å². The molecule has 0 rings (SSSR count). The molecule has 0 aliphatic rings. The van der Waals surface area contributed by atoms with Crippen molar-refractivity contribution in [1.82, 2.24) is 0 Å². The van der Waals surface area contributed by atoms with Crippen molar-refractivity contribution in [3.05, 3.63) is 109 Å². The molecule has 0 saturated carbocycles. The highest BCUT2D eigenvalue weighted by molar-refractivity contribution is 5.71. The fourth-order valence-corrected chi connectivity index (χ4v) is 7.29. The third-order valence-corrected chi connectivity index (χ3v) is 11.4. The molecule has 0 heterocycles. The van der Waals surface area contributed by atoms with Crippen LogP contribution in [-0.2, 0) is 28.6 Å². The van der Waals surface area contributed by atoms with Crippen LogP contribution in [0.5, 0.6) is 0 Å². The van der Waals surface area contributed by atoms with Crippen LogP contribution in [0.3, 0.4) is 0 Å². The normalized spacial score (nSPS) is 12.9. The Morgan fingerprint density at radius 3 is 1.15 bits per heavy atom. The van der Waals surface area contributed by atoms with Gasteiger partial charge in [0.1, 0.15) is 13.2 Å². The Labute approximate surface area is 412 Å². The van der Waals surface area contributed by atoms with E-state index in [4.69, 9.17) is 14.2 Å². The third kappa shape index (κ3) is 52.9. The van der Waals surface area contributed by atoms with E-state index in [-0.39, 0.29) is 44.0 Å². The highest BCUT2D eigenvalue weighted by Gasteiger charge is 2.19. The number of ether oxygens (including phenoxy) is 3. The second-order valence-electron chi connectivity index (χ2n) is 17.9. The summed E-state index contributed by atoms with van der Waals surface area (Å²) in [4.78, 5) is 38.0. The third-order valence-electron chi connectivity index (χ3n) is 11.4. The van der Waals surface area contributed by atoms with Gasteiger partial charge in [-0.1, -0.05) is 246 Å². The average Bonchev–Trinajstić information content (AvgIpc) is 3.33. The Balaban J connectivity index is 4.52. The quantitative estimate of drug-likeness (QED) is 0.0199. The molecular formula is C61H100O6. The molecule has 380 valence electrons. The molecular weight excluding hydrogens is 829 g/mol. The van der Waals surface area contributed by atoms with Crippen LogP contribution in [0.4, 0.5) is 0 Å². The molecule has 0 radical (unpaired) electrons. The van der Waals surface area contributed by atoms with Gasteiger partial charge in [0, 0.05) is 19.3 Å². The smallest absolute Gasteiger partial charge is 0.306 e. The van der Waals surface area contributed by atoms with E-state index in [1.807, 2.05) is 66.8 Å². The van der Waals surface area contributed by atoms with Crippen LogP contribution in [0.2, 0.25) is 0 Å². The van der Waals surface area contributed by atoms with Crippen molar-refractivity contribution in [2.45, 2.75) is 245 Å². The first-order chi connectivity index (χ1) is 33.0. The molecule has 6 heteroatoms. The maximum atomic E-state index is 12.8. The first-order valence-corrected chi connectivity index (χ1v) is 27.5. The topological polar surface area (TPSA) is 78.9 Å². The number of carbonyl (C=O) groups excluding carboxylic acids is 3. The molecule has 1 atom stereocenters. The van der Waals surface area contributed by atoms with E-state index in [9.17, 15) is 14.4 Å². The summed E-state index contributed by atoms with van der Waals surface area (Å²) in [5.41, 5.74) is 0. The second kappa shape index (κ2) is 54.7. The van der Waals surface area contributed by atoms with Crippen molar-refractivity contribution in [3.63, 3.8) is 0 Å². The number of allylic oxidation sites excluding steroid dienone is 18. The molecule has 0 aromatic rings. The summed E-state index contributed by atoms with van der Waals surface area (Å²) >= 11 is 0. The number of hydrogen-bond acceptors (Lipinski definition) is 6. The lowest BCUT2D eigenvalue weighted by Crippen LogP contribution is -2.30. The van der Waals surface area contributed by atoms with E-state index in [2.05, 4.69) is 63.3 Å². The van der Waals surface area contributed by atoms with E-state index < -0.39 is 6.10 Å². The van der Waals surface area contributed by atoms with Crippen LogP contribution in [0.25, 0.3) is 0 Å². The van der Waals surface area contributed by atoms with Crippen molar-refractivity contribution in [2.24, 2.45) is 0 Å². The lowest BCUT2D eigenvalue weighted by Gasteiger charge is -2.18. The van der Waals surface area contributed by atoms with E-state index in [0.717, 1.165) is 57.8 Å². The van der Waals surface area contributed by atoms with Gasteiger partial charge in [-0.05, 0) is 83.5 Å².